The second-order valence-corrected chi connectivity index (χ2v) is 7.57. The van der Waals surface area contributed by atoms with E-state index in [-0.39, 0.29) is 12.1 Å². The molecule has 3 aromatic rings. The van der Waals surface area contributed by atoms with Gasteiger partial charge in [-0.3, -0.25) is 0 Å². The highest BCUT2D eigenvalue weighted by Gasteiger charge is 2.30. The first-order valence-corrected chi connectivity index (χ1v) is 10.3. The zero-order chi connectivity index (χ0) is 19.5. The van der Waals surface area contributed by atoms with Crippen LogP contribution >= 0.6 is 0 Å². The molecule has 1 aromatic carbocycles. The minimum Gasteiger partial charge on any atom is -0.361 e. The average molecular weight is 380 g/mol. The Morgan fingerprint density at radius 1 is 1.36 bits per heavy atom. The van der Waals surface area contributed by atoms with Crippen molar-refractivity contribution in [3.8, 4) is 0 Å². The van der Waals surface area contributed by atoms with Crippen LogP contribution in [0.2, 0.25) is 0 Å². The maximum absolute atomic E-state index is 12.9. The number of imidazole rings is 1. The molecule has 0 bridgehead atoms. The second kappa shape index (κ2) is 8.09. The molecule has 0 aliphatic carbocycles. The maximum Gasteiger partial charge on any atom is 0.318 e. The van der Waals surface area contributed by atoms with Gasteiger partial charge in [0.15, 0.2) is 0 Å². The Morgan fingerprint density at radius 3 is 3.11 bits per heavy atom. The monoisotopic (exact) mass is 379 g/mol. The second-order valence-electron chi connectivity index (χ2n) is 7.57. The van der Waals surface area contributed by atoms with Crippen LogP contribution in [0.15, 0.2) is 36.8 Å². The molecule has 2 amide bonds. The number of hydrogen-bond donors (Lipinski definition) is 2. The van der Waals surface area contributed by atoms with Crippen LogP contribution in [0.25, 0.3) is 10.9 Å². The van der Waals surface area contributed by atoms with Gasteiger partial charge in [-0.2, -0.15) is 0 Å². The first-order valence-electron chi connectivity index (χ1n) is 10.3. The summed E-state index contributed by atoms with van der Waals surface area (Å²) < 4.78 is 2.14. The number of aryl methyl sites for hydroxylation is 2. The van der Waals surface area contributed by atoms with E-state index in [0.29, 0.717) is 6.54 Å². The lowest BCUT2D eigenvalue weighted by Crippen LogP contribution is -2.45. The van der Waals surface area contributed by atoms with Crippen molar-refractivity contribution < 1.29 is 4.79 Å². The molecule has 6 nitrogen and oxygen atoms in total. The van der Waals surface area contributed by atoms with E-state index in [0.717, 1.165) is 50.1 Å². The van der Waals surface area contributed by atoms with E-state index in [9.17, 15) is 4.79 Å². The van der Waals surface area contributed by atoms with E-state index in [1.807, 2.05) is 17.3 Å². The highest BCUT2D eigenvalue weighted by atomic mass is 16.2. The molecule has 0 spiro atoms. The number of nitrogens with zero attached hydrogens (tertiary/aromatic N) is 3. The fourth-order valence-corrected chi connectivity index (χ4v) is 4.38. The Bertz CT molecular complexity index is 957. The summed E-state index contributed by atoms with van der Waals surface area (Å²) in [6.45, 7) is 6.54. The van der Waals surface area contributed by atoms with E-state index in [2.05, 4.69) is 58.1 Å². The minimum atomic E-state index is 0.0203. The van der Waals surface area contributed by atoms with Gasteiger partial charge < -0.3 is 19.8 Å². The van der Waals surface area contributed by atoms with Crippen molar-refractivity contribution in [1.29, 1.82) is 0 Å². The lowest BCUT2D eigenvalue weighted by Gasteiger charge is -2.35. The molecule has 1 aliphatic rings. The Balaban J connectivity index is 1.42. The summed E-state index contributed by atoms with van der Waals surface area (Å²) in [4.78, 5) is 22.8. The third-order valence-electron chi connectivity index (χ3n) is 5.82. The molecule has 28 heavy (non-hydrogen) atoms. The Morgan fingerprint density at radius 2 is 2.25 bits per heavy atom. The third kappa shape index (κ3) is 3.51. The van der Waals surface area contributed by atoms with Gasteiger partial charge in [0.2, 0.25) is 0 Å². The number of nitrogens with one attached hydrogen (secondary N) is 2. The lowest BCUT2D eigenvalue weighted by atomic mass is 10.0. The molecule has 2 N–H and O–H groups in total. The van der Waals surface area contributed by atoms with Crippen LogP contribution < -0.4 is 5.32 Å². The van der Waals surface area contributed by atoms with E-state index < -0.39 is 0 Å². The van der Waals surface area contributed by atoms with E-state index in [1.54, 1.807) is 0 Å². The van der Waals surface area contributed by atoms with Crippen LogP contribution in [0, 0.1) is 6.92 Å². The molecule has 1 unspecified atom stereocenters. The standard InChI is InChI=1S/C22H29N5O/c1-3-26-14-12-23-21(26)19-9-4-5-13-27(19)22(28)24-11-10-17-15-25-18-8-6-7-16(2)20(17)18/h6-8,12,14-15,19,25H,3-5,9-11,13H2,1-2H3,(H,24,28). The smallest absolute Gasteiger partial charge is 0.318 e. The van der Waals surface area contributed by atoms with Gasteiger partial charge in [-0.05, 0) is 56.7 Å². The van der Waals surface area contributed by atoms with E-state index >= 15 is 0 Å². The lowest BCUT2D eigenvalue weighted by molar-refractivity contribution is 0.146. The number of aromatic amines is 1. The number of fused-ring (bicyclic) bond motifs is 1. The summed E-state index contributed by atoms with van der Waals surface area (Å²) in [6, 6.07) is 6.38. The number of carbonyl (C=O) groups is 1. The molecule has 1 atom stereocenters. The highest BCUT2D eigenvalue weighted by molar-refractivity contribution is 5.86. The number of rotatable bonds is 5. The summed E-state index contributed by atoms with van der Waals surface area (Å²) in [5.41, 5.74) is 3.68. The van der Waals surface area contributed by atoms with Gasteiger partial charge in [-0.1, -0.05) is 12.1 Å². The van der Waals surface area contributed by atoms with Crippen LogP contribution in [0.5, 0.6) is 0 Å². The number of carbonyl (C=O) groups excluding carboxylic acids is 1. The molecular weight excluding hydrogens is 350 g/mol. The number of hydrogen-bond acceptors (Lipinski definition) is 2. The normalized spacial score (nSPS) is 17.2. The van der Waals surface area contributed by atoms with Gasteiger partial charge in [0.25, 0.3) is 0 Å². The van der Waals surface area contributed by atoms with Crippen LogP contribution in [0.3, 0.4) is 0 Å². The summed E-state index contributed by atoms with van der Waals surface area (Å²) in [5.74, 6) is 1.00. The summed E-state index contributed by atoms with van der Waals surface area (Å²) in [7, 11) is 0. The molecule has 1 aliphatic heterocycles. The molecule has 2 aromatic heterocycles. The quantitative estimate of drug-likeness (QED) is 0.699. The van der Waals surface area contributed by atoms with Crippen LogP contribution in [-0.2, 0) is 13.0 Å². The van der Waals surface area contributed by atoms with Crippen LogP contribution in [-0.4, -0.2) is 38.6 Å². The molecule has 1 fully saturated rings. The molecule has 0 saturated carbocycles. The molecule has 0 radical (unpaired) electrons. The van der Waals surface area contributed by atoms with Gasteiger partial charge in [0, 0.05) is 49.1 Å². The molecule has 4 rings (SSSR count). The van der Waals surface area contributed by atoms with Gasteiger partial charge in [0.05, 0.1) is 6.04 Å². The SMILES string of the molecule is CCn1ccnc1C1CCCCN1C(=O)NCCc1c[nH]c2cccc(C)c12. The van der Waals surface area contributed by atoms with Crippen LogP contribution in [0.1, 0.15) is 49.2 Å². The Kier molecular flexibility index (Phi) is 5.37. The maximum atomic E-state index is 12.9. The number of H-pyrrole nitrogens is 1. The molecule has 3 heterocycles. The van der Waals surface area contributed by atoms with Crippen molar-refractivity contribution >= 4 is 16.9 Å². The molecular formula is C22H29N5O. The van der Waals surface area contributed by atoms with Crippen molar-refractivity contribution in [3.63, 3.8) is 0 Å². The number of urea groups is 1. The van der Waals surface area contributed by atoms with E-state index in [4.69, 9.17) is 0 Å². The molecule has 6 heteroatoms. The van der Waals surface area contributed by atoms with Gasteiger partial charge in [-0.15, -0.1) is 0 Å². The number of aromatic nitrogens is 3. The van der Waals surface area contributed by atoms with Crippen molar-refractivity contribution in [2.24, 2.45) is 0 Å². The first-order chi connectivity index (χ1) is 13.7. The Hall–Kier alpha value is -2.76. The summed E-state index contributed by atoms with van der Waals surface area (Å²) in [5, 5.41) is 4.42. The van der Waals surface area contributed by atoms with Crippen molar-refractivity contribution in [3.05, 3.63) is 53.7 Å². The third-order valence-corrected chi connectivity index (χ3v) is 5.82. The molecule has 1 saturated heterocycles. The number of amides is 2. The van der Waals surface area contributed by atoms with Crippen molar-refractivity contribution in [2.75, 3.05) is 13.1 Å². The first kappa shape index (κ1) is 18.6. The number of benzene rings is 1. The molecule has 148 valence electrons. The average Bonchev–Trinajstić information content (AvgIpc) is 3.35. The topological polar surface area (TPSA) is 66.0 Å². The highest BCUT2D eigenvalue weighted by Crippen LogP contribution is 2.30. The van der Waals surface area contributed by atoms with Crippen LogP contribution in [0.4, 0.5) is 4.79 Å². The zero-order valence-corrected chi connectivity index (χ0v) is 16.7. The van der Waals surface area contributed by atoms with Crippen molar-refractivity contribution in [1.82, 2.24) is 24.8 Å². The van der Waals surface area contributed by atoms with Gasteiger partial charge in [-0.25, -0.2) is 9.78 Å². The predicted octanol–water partition coefficient (Wildman–Crippen LogP) is 4.17. The van der Waals surface area contributed by atoms with Crippen molar-refractivity contribution in [2.45, 2.75) is 52.1 Å². The van der Waals surface area contributed by atoms with Gasteiger partial charge in [0.1, 0.15) is 5.82 Å². The Labute approximate surface area is 165 Å². The van der Waals surface area contributed by atoms with Gasteiger partial charge >= 0.3 is 6.03 Å². The summed E-state index contributed by atoms with van der Waals surface area (Å²) in [6.07, 6.45) is 9.89. The largest absolute Gasteiger partial charge is 0.361 e. The fourth-order valence-electron chi connectivity index (χ4n) is 4.38. The number of likely N-dealkylation sites (tertiary alicyclic amines) is 1. The number of piperidine rings is 1. The minimum absolute atomic E-state index is 0.0203. The zero-order valence-electron chi connectivity index (χ0n) is 16.7. The summed E-state index contributed by atoms with van der Waals surface area (Å²) >= 11 is 0. The predicted molar refractivity (Wildman–Crippen MR) is 111 cm³/mol. The fraction of sp³-hybridized carbons (Fsp3) is 0.455. The van der Waals surface area contributed by atoms with E-state index in [1.165, 1.54) is 16.5 Å².